The zero-order valence-corrected chi connectivity index (χ0v) is 11.1. The van der Waals surface area contributed by atoms with Crippen LogP contribution in [0.25, 0.3) is 31.3 Å². The zero-order chi connectivity index (χ0) is 12.7. The van der Waals surface area contributed by atoms with Crippen molar-refractivity contribution in [2.24, 2.45) is 0 Å². The quantitative estimate of drug-likeness (QED) is 0.422. The SMILES string of the molecule is [c]1ccc2c(c1)sc1cc(-c3ccccc3)ccc12. The summed E-state index contributed by atoms with van der Waals surface area (Å²) in [6, 6.07) is 26.6. The van der Waals surface area contributed by atoms with Gasteiger partial charge in [0.2, 0.25) is 0 Å². The molecule has 0 saturated heterocycles. The van der Waals surface area contributed by atoms with E-state index in [1.54, 1.807) is 0 Å². The first-order chi connectivity index (χ1) is 9.42. The van der Waals surface area contributed by atoms with E-state index in [1.807, 2.05) is 17.4 Å². The summed E-state index contributed by atoms with van der Waals surface area (Å²) < 4.78 is 2.65. The molecule has 0 N–H and O–H groups in total. The molecule has 4 aromatic rings. The number of benzene rings is 3. The summed E-state index contributed by atoms with van der Waals surface area (Å²) in [7, 11) is 0. The Morgan fingerprint density at radius 1 is 0.737 bits per heavy atom. The average molecular weight is 259 g/mol. The number of hydrogen-bond acceptors (Lipinski definition) is 1. The molecule has 1 heterocycles. The monoisotopic (exact) mass is 259 g/mol. The van der Waals surface area contributed by atoms with E-state index in [9.17, 15) is 0 Å². The summed E-state index contributed by atoms with van der Waals surface area (Å²) in [5.74, 6) is 0. The van der Waals surface area contributed by atoms with Crippen LogP contribution in [-0.2, 0) is 0 Å². The summed E-state index contributed by atoms with van der Waals surface area (Å²) in [6.07, 6.45) is 0. The van der Waals surface area contributed by atoms with Gasteiger partial charge in [-0.2, -0.15) is 0 Å². The highest BCUT2D eigenvalue weighted by molar-refractivity contribution is 7.25. The van der Waals surface area contributed by atoms with Crippen LogP contribution in [-0.4, -0.2) is 0 Å². The van der Waals surface area contributed by atoms with Crippen molar-refractivity contribution in [3.8, 4) is 11.1 Å². The molecule has 1 radical (unpaired) electrons. The maximum Gasteiger partial charge on any atom is 0.0361 e. The molecule has 89 valence electrons. The van der Waals surface area contributed by atoms with Crippen LogP contribution in [0.5, 0.6) is 0 Å². The van der Waals surface area contributed by atoms with E-state index in [4.69, 9.17) is 0 Å². The van der Waals surface area contributed by atoms with Crippen LogP contribution in [0, 0.1) is 6.07 Å². The second kappa shape index (κ2) is 4.22. The Balaban J connectivity index is 1.99. The molecule has 0 unspecified atom stereocenters. The van der Waals surface area contributed by atoms with Gasteiger partial charge in [0.25, 0.3) is 0 Å². The molecule has 0 atom stereocenters. The fourth-order valence-electron chi connectivity index (χ4n) is 2.48. The predicted molar refractivity (Wildman–Crippen MR) is 83.6 cm³/mol. The lowest BCUT2D eigenvalue weighted by atomic mass is 10.0. The topological polar surface area (TPSA) is 0 Å². The average Bonchev–Trinajstić information content (AvgIpc) is 2.86. The van der Waals surface area contributed by atoms with E-state index in [-0.39, 0.29) is 0 Å². The predicted octanol–water partition coefficient (Wildman–Crippen LogP) is 5.52. The second-order valence-electron chi connectivity index (χ2n) is 4.60. The number of rotatable bonds is 1. The summed E-state index contributed by atoms with van der Waals surface area (Å²) in [4.78, 5) is 0. The molecular formula is C18H11S. The Morgan fingerprint density at radius 2 is 1.58 bits per heavy atom. The maximum atomic E-state index is 3.15. The normalized spacial score (nSPS) is 11.2. The molecule has 0 aliphatic rings. The van der Waals surface area contributed by atoms with Crippen molar-refractivity contribution in [3.05, 3.63) is 72.8 Å². The summed E-state index contributed by atoms with van der Waals surface area (Å²) in [6.45, 7) is 0. The van der Waals surface area contributed by atoms with Crippen molar-refractivity contribution in [1.29, 1.82) is 0 Å². The minimum atomic E-state index is 1.27. The highest BCUT2D eigenvalue weighted by Gasteiger charge is 2.05. The fraction of sp³-hybridized carbons (Fsp3) is 0. The smallest absolute Gasteiger partial charge is 0.0361 e. The fourth-order valence-corrected chi connectivity index (χ4v) is 3.61. The molecule has 0 amide bonds. The van der Waals surface area contributed by atoms with Crippen molar-refractivity contribution in [3.63, 3.8) is 0 Å². The molecule has 4 rings (SSSR count). The van der Waals surface area contributed by atoms with Crippen LogP contribution in [0.4, 0.5) is 0 Å². The van der Waals surface area contributed by atoms with Gasteiger partial charge >= 0.3 is 0 Å². The van der Waals surface area contributed by atoms with Gasteiger partial charge in [-0.25, -0.2) is 0 Å². The Kier molecular flexibility index (Phi) is 2.39. The third kappa shape index (κ3) is 1.74. The van der Waals surface area contributed by atoms with Gasteiger partial charge in [0.15, 0.2) is 0 Å². The Morgan fingerprint density at radius 3 is 2.47 bits per heavy atom. The molecule has 0 bridgehead atoms. The standard InChI is InChI=1S/C18H11S/c1-2-6-13(7-3-1)14-10-11-16-15-8-4-5-9-17(15)19-18(16)12-14/h1-4,6-12H. The van der Waals surface area contributed by atoms with Crippen LogP contribution >= 0.6 is 11.3 Å². The Hall–Kier alpha value is -2.12. The third-order valence-corrected chi connectivity index (χ3v) is 4.54. The van der Waals surface area contributed by atoms with Crippen LogP contribution in [0.3, 0.4) is 0 Å². The van der Waals surface area contributed by atoms with Gasteiger partial charge < -0.3 is 0 Å². The molecule has 0 spiro atoms. The van der Waals surface area contributed by atoms with Gasteiger partial charge in [-0.15, -0.1) is 11.3 Å². The van der Waals surface area contributed by atoms with E-state index in [0.717, 1.165) is 0 Å². The van der Waals surface area contributed by atoms with Crippen molar-refractivity contribution in [2.45, 2.75) is 0 Å². The molecule has 3 aromatic carbocycles. The lowest BCUT2D eigenvalue weighted by molar-refractivity contribution is 1.66. The highest BCUT2D eigenvalue weighted by atomic mass is 32.1. The zero-order valence-electron chi connectivity index (χ0n) is 10.3. The largest absolute Gasteiger partial charge is 0.135 e. The lowest BCUT2D eigenvalue weighted by Crippen LogP contribution is -1.75. The molecule has 19 heavy (non-hydrogen) atoms. The molecule has 1 aromatic heterocycles. The molecule has 0 aliphatic carbocycles. The van der Waals surface area contributed by atoms with Gasteiger partial charge in [-0.05, 0) is 29.3 Å². The molecule has 0 saturated carbocycles. The van der Waals surface area contributed by atoms with Gasteiger partial charge in [-0.1, -0.05) is 54.6 Å². The van der Waals surface area contributed by atoms with Crippen molar-refractivity contribution in [2.75, 3.05) is 0 Å². The summed E-state index contributed by atoms with van der Waals surface area (Å²) in [5, 5.41) is 2.67. The first kappa shape index (κ1) is 10.8. The van der Waals surface area contributed by atoms with E-state index in [2.05, 4.69) is 66.7 Å². The number of thiophene rings is 1. The van der Waals surface area contributed by atoms with E-state index in [1.165, 1.54) is 31.3 Å². The first-order valence-electron chi connectivity index (χ1n) is 6.29. The van der Waals surface area contributed by atoms with Gasteiger partial charge in [-0.3, -0.25) is 0 Å². The van der Waals surface area contributed by atoms with Crippen molar-refractivity contribution >= 4 is 31.5 Å². The van der Waals surface area contributed by atoms with Crippen molar-refractivity contribution < 1.29 is 0 Å². The molecular weight excluding hydrogens is 248 g/mol. The Labute approximate surface area is 115 Å². The number of hydrogen-bond donors (Lipinski definition) is 0. The van der Waals surface area contributed by atoms with Crippen molar-refractivity contribution in [1.82, 2.24) is 0 Å². The highest BCUT2D eigenvalue weighted by Crippen LogP contribution is 2.35. The van der Waals surface area contributed by atoms with Gasteiger partial charge in [0.1, 0.15) is 0 Å². The molecule has 1 heteroatoms. The first-order valence-corrected chi connectivity index (χ1v) is 7.11. The van der Waals surface area contributed by atoms with Gasteiger partial charge in [0, 0.05) is 20.2 Å². The number of fused-ring (bicyclic) bond motifs is 3. The minimum absolute atomic E-state index is 1.27. The van der Waals surface area contributed by atoms with Crippen LogP contribution in [0.1, 0.15) is 0 Å². The van der Waals surface area contributed by atoms with Crippen LogP contribution in [0.15, 0.2) is 66.7 Å². The minimum Gasteiger partial charge on any atom is -0.135 e. The van der Waals surface area contributed by atoms with Crippen LogP contribution in [0.2, 0.25) is 0 Å². The van der Waals surface area contributed by atoms with E-state index >= 15 is 0 Å². The maximum absolute atomic E-state index is 3.15. The molecule has 0 nitrogen and oxygen atoms in total. The van der Waals surface area contributed by atoms with E-state index < -0.39 is 0 Å². The van der Waals surface area contributed by atoms with Crippen LogP contribution < -0.4 is 0 Å². The summed E-state index contributed by atoms with van der Waals surface area (Å²) >= 11 is 1.84. The molecule has 0 aliphatic heterocycles. The summed E-state index contributed by atoms with van der Waals surface area (Å²) in [5.41, 5.74) is 2.55. The second-order valence-corrected chi connectivity index (χ2v) is 5.69. The third-order valence-electron chi connectivity index (χ3n) is 3.42. The molecule has 0 fully saturated rings. The lowest BCUT2D eigenvalue weighted by Gasteiger charge is -2.01. The van der Waals surface area contributed by atoms with E-state index in [0.29, 0.717) is 0 Å². The Bertz CT molecular complexity index is 857. The van der Waals surface area contributed by atoms with Gasteiger partial charge in [0.05, 0.1) is 0 Å².